The van der Waals surface area contributed by atoms with Gasteiger partial charge in [-0.15, -0.1) is 0 Å². The van der Waals surface area contributed by atoms with E-state index in [0.29, 0.717) is 46.3 Å². The maximum absolute atomic E-state index is 11.0. The van der Waals surface area contributed by atoms with E-state index in [0.717, 1.165) is 24.3 Å². The summed E-state index contributed by atoms with van der Waals surface area (Å²) in [6, 6.07) is 11.1. The summed E-state index contributed by atoms with van der Waals surface area (Å²) in [4.78, 5) is 31.9. The average molecular weight is 507 g/mol. The number of anilines is 2. The Balaban J connectivity index is 0.000000211. The molecule has 0 fully saturated rings. The van der Waals surface area contributed by atoms with Gasteiger partial charge in [-0.1, -0.05) is 11.6 Å². The van der Waals surface area contributed by atoms with Gasteiger partial charge in [0.05, 0.1) is 23.5 Å². The third kappa shape index (κ3) is 6.01. The first-order chi connectivity index (χ1) is 17.5. The van der Waals surface area contributed by atoms with Gasteiger partial charge in [0.2, 0.25) is 0 Å². The molecule has 0 aliphatic rings. The molecule has 12 heteroatoms. The highest BCUT2D eigenvalue weighted by Crippen LogP contribution is 2.20. The lowest BCUT2D eigenvalue weighted by molar-refractivity contribution is 0.111. The molecule has 1 aromatic carbocycles. The molecular weight excluding hydrogens is 484 g/mol. The lowest BCUT2D eigenvalue weighted by atomic mass is 10.3. The second-order valence-electron chi connectivity index (χ2n) is 7.84. The summed E-state index contributed by atoms with van der Waals surface area (Å²) in [5.41, 5.74) is 2.80. The minimum atomic E-state index is 0.353. The number of halogens is 1. The molecule has 4 aromatic heterocycles. The third-order valence-electron chi connectivity index (χ3n) is 4.95. The molecule has 36 heavy (non-hydrogen) atoms. The maximum Gasteiger partial charge on any atom is 0.167 e. The molecule has 0 radical (unpaired) electrons. The van der Waals surface area contributed by atoms with Crippen molar-refractivity contribution in [3.63, 3.8) is 0 Å². The highest BCUT2D eigenvalue weighted by molar-refractivity contribution is 6.29. The second-order valence-corrected chi connectivity index (χ2v) is 8.22. The van der Waals surface area contributed by atoms with Crippen molar-refractivity contribution in [2.24, 2.45) is 0 Å². The van der Waals surface area contributed by atoms with E-state index in [9.17, 15) is 9.59 Å². The molecule has 11 nitrogen and oxygen atoms in total. The molecule has 5 aromatic rings. The van der Waals surface area contributed by atoms with Crippen LogP contribution in [-0.4, -0.2) is 73.9 Å². The van der Waals surface area contributed by atoms with Crippen LogP contribution in [0.15, 0.2) is 61.2 Å². The van der Waals surface area contributed by atoms with Crippen molar-refractivity contribution < 1.29 is 14.3 Å². The number of benzene rings is 1. The molecular formula is C24H23ClN8O3. The van der Waals surface area contributed by atoms with Gasteiger partial charge < -0.3 is 15.0 Å². The summed E-state index contributed by atoms with van der Waals surface area (Å²) in [5.74, 6) is 1.47. The molecule has 0 bridgehead atoms. The average Bonchev–Trinajstić information content (AvgIpc) is 3.48. The van der Waals surface area contributed by atoms with Gasteiger partial charge in [-0.2, -0.15) is 10.2 Å². The first kappa shape index (κ1) is 24.8. The smallest absolute Gasteiger partial charge is 0.167 e. The minimum Gasteiger partial charge on any atom is -0.492 e. The number of ether oxygens (including phenoxy) is 1. The van der Waals surface area contributed by atoms with Gasteiger partial charge in [0.25, 0.3) is 0 Å². The van der Waals surface area contributed by atoms with Crippen molar-refractivity contribution in [1.29, 1.82) is 0 Å². The van der Waals surface area contributed by atoms with Gasteiger partial charge in [0, 0.05) is 24.6 Å². The number of aromatic nitrogens is 6. The summed E-state index contributed by atoms with van der Waals surface area (Å²) in [7, 11) is 4.02. The number of hydrogen-bond acceptors (Lipinski definition) is 9. The Labute approximate surface area is 211 Å². The van der Waals surface area contributed by atoms with Crippen LogP contribution in [0.5, 0.6) is 5.75 Å². The number of rotatable bonds is 8. The number of nitrogens with one attached hydrogen (secondary N) is 1. The van der Waals surface area contributed by atoms with Crippen LogP contribution in [0.25, 0.3) is 11.3 Å². The zero-order valence-electron chi connectivity index (χ0n) is 19.6. The number of carbonyl (C=O) groups is 2. The van der Waals surface area contributed by atoms with Crippen molar-refractivity contribution in [3.8, 4) is 5.75 Å². The molecule has 184 valence electrons. The molecule has 0 atom stereocenters. The van der Waals surface area contributed by atoms with E-state index in [1.807, 2.05) is 38.4 Å². The fraction of sp³-hybridized carbons (Fsp3) is 0.167. The van der Waals surface area contributed by atoms with Crippen LogP contribution in [0.3, 0.4) is 0 Å². The molecule has 0 aliphatic heterocycles. The Kier molecular flexibility index (Phi) is 7.83. The number of likely N-dealkylation sites (N-methyl/N-ethyl adjacent to an activating group) is 1. The van der Waals surface area contributed by atoms with Crippen molar-refractivity contribution >= 4 is 47.0 Å². The van der Waals surface area contributed by atoms with Gasteiger partial charge in [-0.3, -0.25) is 9.59 Å². The molecule has 1 N–H and O–H groups in total. The standard InChI is InChI=1S/C17H19N5O2.C7H4ClN3O/c1-21(2)9-10-24-15-5-3-14(4-6-15)19-16-7-8-22-17(20-16)13(12-23)11-18-22;8-6-1-2-11-7(10-6)5(4-12)3-9-11/h3-8,11-12H,9-10H2,1-2H3,(H,19,20);1-4H. The SMILES string of the molecule is CN(C)CCOc1ccc(Nc2ccn3ncc(C=O)c3n2)cc1.O=Cc1cnn2ccc(Cl)nc12. The highest BCUT2D eigenvalue weighted by atomic mass is 35.5. The lowest BCUT2D eigenvalue weighted by Crippen LogP contribution is -2.19. The van der Waals surface area contributed by atoms with Crippen molar-refractivity contribution in [3.05, 3.63) is 77.5 Å². The lowest BCUT2D eigenvalue weighted by Gasteiger charge is -2.11. The molecule has 0 saturated carbocycles. The Bertz CT molecular complexity index is 1480. The molecule has 0 saturated heterocycles. The predicted octanol–water partition coefficient (Wildman–Crippen LogP) is 3.42. The fourth-order valence-corrected chi connectivity index (χ4v) is 3.25. The van der Waals surface area contributed by atoms with Crippen LogP contribution >= 0.6 is 11.6 Å². The van der Waals surface area contributed by atoms with E-state index in [4.69, 9.17) is 16.3 Å². The van der Waals surface area contributed by atoms with Gasteiger partial charge in [-0.25, -0.2) is 19.0 Å². The summed E-state index contributed by atoms with van der Waals surface area (Å²) >= 11 is 5.64. The van der Waals surface area contributed by atoms with Crippen LogP contribution in [-0.2, 0) is 0 Å². The van der Waals surface area contributed by atoms with Crippen molar-refractivity contribution in [2.75, 3.05) is 32.6 Å². The van der Waals surface area contributed by atoms with Gasteiger partial charge >= 0.3 is 0 Å². The van der Waals surface area contributed by atoms with Crippen LogP contribution < -0.4 is 10.1 Å². The Morgan fingerprint density at radius 1 is 0.917 bits per heavy atom. The van der Waals surface area contributed by atoms with E-state index >= 15 is 0 Å². The summed E-state index contributed by atoms with van der Waals surface area (Å²) < 4.78 is 8.73. The van der Waals surface area contributed by atoms with Crippen LogP contribution in [0.4, 0.5) is 11.5 Å². The second kappa shape index (κ2) is 11.4. The predicted molar refractivity (Wildman–Crippen MR) is 136 cm³/mol. The van der Waals surface area contributed by atoms with E-state index in [-0.39, 0.29) is 0 Å². The van der Waals surface area contributed by atoms with E-state index in [1.54, 1.807) is 29.0 Å². The Morgan fingerprint density at radius 2 is 1.53 bits per heavy atom. The van der Waals surface area contributed by atoms with Gasteiger partial charge in [0.1, 0.15) is 23.3 Å². The molecule has 5 rings (SSSR count). The van der Waals surface area contributed by atoms with Gasteiger partial charge in [0.15, 0.2) is 23.9 Å². The van der Waals surface area contributed by atoms with Crippen LogP contribution in [0, 0.1) is 0 Å². The molecule has 4 heterocycles. The quantitative estimate of drug-likeness (QED) is 0.249. The highest BCUT2D eigenvalue weighted by Gasteiger charge is 2.06. The molecule has 0 unspecified atom stereocenters. The summed E-state index contributed by atoms with van der Waals surface area (Å²) in [5, 5.41) is 11.5. The molecule has 0 spiro atoms. The van der Waals surface area contributed by atoms with Crippen molar-refractivity contribution in [1.82, 2.24) is 34.1 Å². The third-order valence-corrected chi connectivity index (χ3v) is 5.16. The molecule has 0 amide bonds. The number of aldehydes is 2. The normalized spacial score (nSPS) is 10.8. The number of carbonyl (C=O) groups excluding carboxylic acids is 2. The maximum atomic E-state index is 11.0. The molecule has 0 aliphatic carbocycles. The Morgan fingerprint density at radius 3 is 2.14 bits per heavy atom. The van der Waals surface area contributed by atoms with Crippen LogP contribution in [0.1, 0.15) is 20.7 Å². The number of nitrogens with zero attached hydrogens (tertiary/aromatic N) is 7. The number of hydrogen-bond donors (Lipinski definition) is 1. The topological polar surface area (TPSA) is 119 Å². The van der Waals surface area contributed by atoms with E-state index in [1.165, 1.54) is 16.9 Å². The van der Waals surface area contributed by atoms with Crippen LogP contribution in [0.2, 0.25) is 5.15 Å². The summed E-state index contributed by atoms with van der Waals surface area (Å²) in [6.45, 7) is 1.52. The monoisotopic (exact) mass is 506 g/mol. The van der Waals surface area contributed by atoms with Crippen molar-refractivity contribution in [2.45, 2.75) is 0 Å². The minimum absolute atomic E-state index is 0.353. The zero-order valence-corrected chi connectivity index (χ0v) is 20.3. The first-order valence-corrected chi connectivity index (χ1v) is 11.2. The number of fused-ring (bicyclic) bond motifs is 2. The van der Waals surface area contributed by atoms with E-state index < -0.39 is 0 Å². The Hall–Kier alpha value is -4.35. The largest absolute Gasteiger partial charge is 0.492 e. The zero-order chi connectivity index (χ0) is 25.5. The van der Waals surface area contributed by atoms with Gasteiger partial charge in [-0.05, 0) is 50.5 Å². The van der Waals surface area contributed by atoms with E-state index in [2.05, 4.69) is 30.4 Å². The fourth-order valence-electron chi connectivity index (χ4n) is 3.12. The first-order valence-electron chi connectivity index (χ1n) is 10.9. The summed E-state index contributed by atoms with van der Waals surface area (Å²) in [6.07, 6.45) is 7.81.